The number of hydrogen-bond donors (Lipinski definition) is 0. The van der Waals surface area contributed by atoms with Crippen LogP contribution in [0.5, 0.6) is 0 Å². The van der Waals surface area contributed by atoms with Crippen molar-refractivity contribution in [2.75, 3.05) is 0 Å². The van der Waals surface area contributed by atoms with E-state index in [0.717, 1.165) is 6.07 Å². The van der Waals surface area contributed by atoms with Crippen LogP contribution in [0.3, 0.4) is 0 Å². The summed E-state index contributed by atoms with van der Waals surface area (Å²) in [4.78, 5) is 42.9. The van der Waals surface area contributed by atoms with Crippen LogP contribution in [-0.4, -0.2) is 55.9 Å². The number of hydrogen-bond acceptors (Lipinski definition) is 7. The van der Waals surface area contributed by atoms with E-state index in [1.165, 1.54) is 32.5 Å². The van der Waals surface area contributed by atoms with Crippen LogP contribution in [0.2, 0.25) is 0 Å². The van der Waals surface area contributed by atoms with Crippen LogP contribution in [0.25, 0.3) is 22.9 Å². The number of fused-ring (bicyclic) bond motifs is 2. The summed E-state index contributed by atoms with van der Waals surface area (Å²) in [6, 6.07) is 4.70. The lowest BCUT2D eigenvalue weighted by Crippen LogP contribution is -2.46. The van der Waals surface area contributed by atoms with Crippen molar-refractivity contribution in [3.8, 4) is 11.8 Å². The molecular weight excluding hydrogens is 619 g/mol. The van der Waals surface area contributed by atoms with E-state index in [0.29, 0.717) is 33.8 Å². The normalized spacial score (nSPS) is 15.3. The highest BCUT2D eigenvalue weighted by Crippen LogP contribution is 2.36. The van der Waals surface area contributed by atoms with Crippen LogP contribution in [-0.2, 0) is 26.2 Å². The zero-order chi connectivity index (χ0) is 30.1. The zero-order valence-corrected chi connectivity index (χ0v) is 24.4. The quantitative estimate of drug-likeness (QED) is 0.291. The average Bonchev–Trinajstić information content (AvgIpc) is 3.47. The first-order chi connectivity index (χ1) is 19.8. The van der Waals surface area contributed by atoms with Gasteiger partial charge in [-0.2, -0.15) is 23.4 Å². The molecule has 0 radical (unpaired) electrons. The van der Waals surface area contributed by atoms with Gasteiger partial charge in [-0.25, -0.2) is 28.9 Å². The first kappa shape index (κ1) is 27.8. The van der Waals surface area contributed by atoms with E-state index in [-0.39, 0.29) is 34.8 Å². The van der Waals surface area contributed by atoms with Crippen molar-refractivity contribution < 1.29 is 18.0 Å². The molecule has 0 N–H and O–H groups in total. The molecular formula is C27H23BrF3N9O2. The molecule has 4 aromatic heterocycles. The molecule has 0 saturated carbocycles. The molecule has 5 heterocycles. The minimum atomic E-state index is -4.64. The van der Waals surface area contributed by atoms with E-state index >= 15 is 0 Å². The molecule has 1 amide bonds. The van der Waals surface area contributed by atoms with Gasteiger partial charge in [0.1, 0.15) is 5.52 Å². The highest BCUT2D eigenvalue weighted by Gasteiger charge is 2.36. The van der Waals surface area contributed by atoms with Crippen LogP contribution in [0, 0.1) is 13.8 Å². The fourth-order valence-corrected chi connectivity index (χ4v) is 5.64. The van der Waals surface area contributed by atoms with Gasteiger partial charge in [-0.1, -0.05) is 15.9 Å². The van der Waals surface area contributed by atoms with Gasteiger partial charge in [-0.15, -0.1) is 0 Å². The largest absolute Gasteiger partial charge is 0.417 e. The molecule has 1 aliphatic rings. The van der Waals surface area contributed by atoms with Crippen LogP contribution in [0.15, 0.2) is 45.9 Å². The molecule has 0 saturated heterocycles. The molecule has 1 aliphatic heterocycles. The molecule has 0 fully saturated rings. The number of benzene rings is 1. The van der Waals surface area contributed by atoms with Crippen molar-refractivity contribution in [3.63, 3.8) is 0 Å². The van der Waals surface area contributed by atoms with Crippen LogP contribution >= 0.6 is 15.9 Å². The first-order valence-electron chi connectivity index (χ1n) is 12.8. The predicted molar refractivity (Wildman–Crippen MR) is 148 cm³/mol. The smallest absolute Gasteiger partial charge is 0.330 e. The van der Waals surface area contributed by atoms with Gasteiger partial charge >= 0.3 is 6.18 Å². The molecule has 11 nitrogen and oxygen atoms in total. The van der Waals surface area contributed by atoms with Gasteiger partial charge in [0, 0.05) is 34.4 Å². The fourth-order valence-electron chi connectivity index (χ4n) is 5.17. The number of nitrogens with zero attached hydrogens (tertiary/aromatic N) is 9. The van der Waals surface area contributed by atoms with Crippen molar-refractivity contribution in [2.45, 2.75) is 46.0 Å². The molecule has 15 heteroatoms. The lowest BCUT2D eigenvalue weighted by atomic mass is 9.98. The summed E-state index contributed by atoms with van der Waals surface area (Å²) >= 11 is 2.92. The van der Waals surface area contributed by atoms with Gasteiger partial charge in [0.25, 0.3) is 11.5 Å². The van der Waals surface area contributed by atoms with Gasteiger partial charge < -0.3 is 4.90 Å². The van der Waals surface area contributed by atoms with Crippen LogP contribution in [0.4, 0.5) is 13.2 Å². The summed E-state index contributed by atoms with van der Waals surface area (Å²) in [5, 5.41) is 8.69. The second-order valence-electron chi connectivity index (χ2n) is 10.2. The number of aryl methyl sites for hydroxylation is 3. The minimum Gasteiger partial charge on any atom is -0.330 e. The Bertz CT molecular complexity index is 1960. The molecule has 5 aromatic rings. The number of halogens is 4. The van der Waals surface area contributed by atoms with Gasteiger partial charge in [-0.05, 0) is 51.5 Å². The first-order valence-corrected chi connectivity index (χ1v) is 13.6. The number of aromatic nitrogens is 8. The zero-order valence-electron chi connectivity index (χ0n) is 22.8. The summed E-state index contributed by atoms with van der Waals surface area (Å²) in [5.41, 5.74) is 1.65. The van der Waals surface area contributed by atoms with Crippen LogP contribution in [0.1, 0.15) is 45.5 Å². The lowest BCUT2D eigenvalue weighted by molar-refractivity contribution is -0.138. The predicted octanol–water partition coefficient (Wildman–Crippen LogP) is 4.08. The maximum absolute atomic E-state index is 14.1. The number of carbonyl (C=O) groups is 1. The maximum Gasteiger partial charge on any atom is 0.417 e. The van der Waals surface area contributed by atoms with Crippen LogP contribution < -0.4 is 5.56 Å². The Morgan fingerprint density at radius 3 is 2.57 bits per heavy atom. The van der Waals surface area contributed by atoms with Crippen molar-refractivity contribution >= 4 is 33.0 Å². The van der Waals surface area contributed by atoms with Gasteiger partial charge in [-0.3, -0.25) is 9.59 Å². The molecule has 0 aliphatic carbocycles. The third kappa shape index (κ3) is 4.57. The Labute approximate surface area is 244 Å². The molecule has 0 bridgehead atoms. The molecule has 1 atom stereocenters. The summed E-state index contributed by atoms with van der Waals surface area (Å²) in [6.07, 6.45) is -1.50. The number of alkyl halides is 3. The number of carbonyl (C=O) groups excluding carboxylic acids is 1. The molecule has 42 heavy (non-hydrogen) atoms. The van der Waals surface area contributed by atoms with E-state index in [1.54, 1.807) is 31.8 Å². The standard InChI is InChI=1S/C27H23BrF3N9O2/c1-13-7-15(3)40(36-13)26-35-21-12-38(24(41)16-5-6-19(28)18(9-16)27(29,30)31)14(2)8-17(21)25(42)39(26)22-11-32-23-20(34-22)10-33-37(23)4/h5-7,9-11,14H,8,12H2,1-4H3. The third-order valence-corrected chi connectivity index (χ3v) is 7.92. The van der Waals surface area contributed by atoms with E-state index < -0.39 is 29.2 Å². The second kappa shape index (κ2) is 9.86. The van der Waals surface area contributed by atoms with Crippen molar-refractivity contribution in [1.29, 1.82) is 0 Å². The minimum absolute atomic E-state index is 0.0809. The van der Waals surface area contributed by atoms with Crippen molar-refractivity contribution in [1.82, 2.24) is 44.0 Å². The van der Waals surface area contributed by atoms with Gasteiger partial charge in [0.2, 0.25) is 5.95 Å². The molecule has 216 valence electrons. The number of amides is 1. The summed E-state index contributed by atoms with van der Waals surface area (Å²) in [7, 11) is 1.73. The summed E-state index contributed by atoms with van der Waals surface area (Å²) in [6.45, 7) is 5.28. The van der Waals surface area contributed by atoms with E-state index in [9.17, 15) is 22.8 Å². The Morgan fingerprint density at radius 2 is 1.88 bits per heavy atom. The summed E-state index contributed by atoms with van der Waals surface area (Å²) < 4.78 is 44.9. The van der Waals surface area contributed by atoms with Gasteiger partial charge in [0.05, 0.1) is 35.9 Å². The van der Waals surface area contributed by atoms with Gasteiger partial charge in [0.15, 0.2) is 11.5 Å². The molecule has 6 rings (SSSR count). The Hall–Kier alpha value is -4.40. The molecule has 0 spiro atoms. The monoisotopic (exact) mass is 641 g/mol. The Morgan fingerprint density at radius 1 is 1.12 bits per heavy atom. The summed E-state index contributed by atoms with van der Waals surface area (Å²) in [5.74, 6) is -0.233. The van der Waals surface area contributed by atoms with Crippen molar-refractivity contribution in [3.05, 3.63) is 85.3 Å². The lowest BCUT2D eigenvalue weighted by Gasteiger charge is -2.34. The number of rotatable bonds is 3. The highest BCUT2D eigenvalue weighted by atomic mass is 79.9. The molecule has 1 aromatic carbocycles. The average molecular weight is 642 g/mol. The topological polar surface area (TPSA) is 117 Å². The highest BCUT2D eigenvalue weighted by molar-refractivity contribution is 9.10. The molecule has 1 unspecified atom stereocenters. The Kier molecular flexibility index (Phi) is 6.51. The van der Waals surface area contributed by atoms with E-state index in [4.69, 9.17) is 4.98 Å². The van der Waals surface area contributed by atoms with E-state index in [2.05, 4.69) is 36.1 Å². The third-order valence-electron chi connectivity index (χ3n) is 7.23. The fraction of sp³-hybridized carbons (Fsp3) is 0.296. The van der Waals surface area contributed by atoms with E-state index in [1.807, 2.05) is 13.0 Å². The Balaban J connectivity index is 1.48. The second-order valence-corrected chi connectivity index (χ2v) is 11.1. The maximum atomic E-state index is 14.1. The van der Waals surface area contributed by atoms with Crippen molar-refractivity contribution in [2.24, 2.45) is 7.05 Å². The SMILES string of the molecule is Cc1cc(C)n(-c2nc3c(c(=O)n2-c2cnc4c(cnn4C)n2)CC(C)N(C(=O)c2ccc(Br)c(C(F)(F)F)c2)C3)n1.